The zero-order valence-electron chi connectivity index (χ0n) is 18.5. The number of rotatable bonds is 6. The van der Waals surface area contributed by atoms with Crippen molar-refractivity contribution in [3.63, 3.8) is 0 Å². The summed E-state index contributed by atoms with van der Waals surface area (Å²) in [5.74, 6) is -0.0917. The second-order valence-corrected chi connectivity index (χ2v) is 8.65. The minimum absolute atomic E-state index is 0.0225. The molecule has 2 heterocycles. The number of nitrogens with two attached hydrogens (primary N) is 2. The molecule has 3 aromatic rings. The van der Waals surface area contributed by atoms with Crippen LogP contribution in [0.5, 0.6) is 0 Å². The standard InChI is InChI=1S/C27H29N3O2/c1-3-16-11-22-23(12-17(16)4-2)25-21-13-19(9-10-20(21)24(22)32-25)27(31)30-14-15-5-7-18(8-6-15)26(28)29/h5-13,24-26H,3-4,14,28-29H2,1-2H3,(H,30,31)/t24-,25+/m1/s1. The van der Waals surface area contributed by atoms with Gasteiger partial charge in [-0.2, -0.15) is 0 Å². The van der Waals surface area contributed by atoms with E-state index in [-0.39, 0.29) is 18.1 Å². The normalized spacial score (nSPS) is 18.0. The molecule has 0 saturated heterocycles. The van der Waals surface area contributed by atoms with Crippen molar-refractivity contribution in [2.24, 2.45) is 11.5 Å². The van der Waals surface area contributed by atoms with Crippen LogP contribution in [0.25, 0.3) is 0 Å². The van der Waals surface area contributed by atoms with Crippen LogP contribution < -0.4 is 16.8 Å². The molecule has 0 aromatic heterocycles. The van der Waals surface area contributed by atoms with Gasteiger partial charge in [-0.15, -0.1) is 0 Å². The highest BCUT2D eigenvalue weighted by Gasteiger charge is 2.43. The van der Waals surface area contributed by atoms with Crippen LogP contribution in [-0.2, 0) is 24.1 Å². The molecule has 0 spiro atoms. The second-order valence-electron chi connectivity index (χ2n) is 8.65. The van der Waals surface area contributed by atoms with Crippen LogP contribution >= 0.6 is 0 Å². The first-order chi connectivity index (χ1) is 15.5. The van der Waals surface area contributed by atoms with Crippen LogP contribution in [0.2, 0.25) is 0 Å². The van der Waals surface area contributed by atoms with E-state index in [1.807, 2.05) is 36.4 Å². The third-order valence-corrected chi connectivity index (χ3v) is 6.74. The summed E-state index contributed by atoms with van der Waals surface area (Å²) in [6.45, 7) is 4.85. The molecule has 2 aliphatic rings. The fourth-order valence-electron chi connectivity index (χ4n) is 4.93. The van der Waals surface area contributed by atoms with Gasteiger partial charge in [0, 0.05) is 12.1 Å². The lowest BCUT2D eigenvalue weighted by Crippen LogP contribution is -2.23. The molecular weight excluding hydrogens is 398 g/mol. The number of nitrogens with one attached hydrogen (secondary N) is 1. The SMILES string of the molecule is CCc1cc2c(cc1CC)[C@H]1O[C@@H]2c2ccc(C(=O)NCc3ccc(C(N)N)cc3)cc21. The number of carbonyl (C=O) groups excluding carboxylic acids is 1. The van der Waals surface area contributed by atoms with Crippen LogP contribution in [0.4, 0.5) is 0 Å². The Labute approximate surface area is 188 Å². The Hall–Kier alpha value is -2.99. The zero-order valence-corrected chi connectivity index (χ0v) is 18.5. The summed E-state index contributed by atoms with van der Waals surface area (Å²) >= 11 is 0. The highest BCUT2D eigenvalue weighted by atomic mass is 16.5. The Bertz CT molecular complexity index is 1180. The van der Waals surface area contributed by atoms with E-state index >= 15 is 0 Å². The van der Waals surface area contributed by atoms with Crippen molar-refractivity contribution in [3.05, 3.63) is 105 Å². The van der Waals surface area contributed by atoms with E-state index in [0.717, 1.165) is 29.5 Å². The number of benzene rings is 3. The molecular formula is C27H29N3O2. The first-order valence-electron chi connectivity index (χ1n) is 11.3. The van der Waals surface area contributed by atoms with E-state index in [2.05, 4.69) is 37.4 Å². The Morgan fingerprint density at radius 1 is 0.875 bits per heavy atom. The zero-order chi connectivity index (χ0) is 22.4. The van der Waals surface area contributed by atoms with Crippen LogP contribution in [0.15, 0.2) is 54.6 Å². The summed E-state index contributed by atoms with van der Waals surface area (Å²) in [6.07, 6.45) is 1.45. The van der Waals surface area contributed by atoms with Crippen LogP contribution in [-0.4, -0.2) is 5.91 Å². The van der Waals surface area contributed by atoms with E-state index in [4.69, 9.17) is 16.2 Å². The van der Waals surface area contributed by atoms with Gasteiger partial charge in [-0.05, 0) is 69.5 Å². The number of hydrogen-bond donors (Lipinski definition) is 3. The van der Waals surface area contributed by atoms with Crippen molar-refractivity contribution in [3.8, 4) is 0 Å². The molecule has 5 nitrogen and oxygen atoms in total. The maximum absolute atomic E-state index is 12.8. The largest absolute Gasteiger partial charge is 0.356 e. The van der Waals surface area contributed by atoms with Gasteiger partial charge < -0.3 is 21.5 Å². The van der Waals surface area contributed by atoms with Gasteiger partial charge in [0.1, 0.15) is 12.2 Å². The molecule has 164 valence electrons. The molecule has 5 heteroatoms. The second kappa shape index (κ2) is 8.17. The fourth-order valence-corrected chi connectivity index (χ4v) is 4.93. The summed E-state index contributed by atoms with van der Waals surface area (Å²) < 4.78 is 6.35. The molecule has 0 unspecified atom stereocenters. The van der Waals surface area contributed by atoms with Crippen LogP contribution in [0.1, 0.15) is 87.1 Å². The molecule has 1 amide bonds. The quantitative estimate of drug-likeness (QED) is 0.515. The third kappa shape index (κ3) is 3.43. The Balaban J connectivity index is 1.35. The summed E-state index contributed by atoms with van der Waals surface area (Å²) in [5.41, 5.74) is 21.5. The maximum Gasteiger partial charge on any atom is 0.251 e. The van der Waals surface area contributed by atoms with E-state index in [9.17, 15) is 4.79 Å². The number of amides is 1. The maximum atomic E-state index is 12.8. The molecule has 0 aliphatic carbocycles. The van der Waals surface area contributed by atoms with Gasteiger partial charge in [0.05, 0.1) is 6.17 Å². The van der Waals surface area contributed by atoms with E-state index < -0.39 is 6.17 Å². The number of fused-ring (bicyclic) bond motifs is 8. The van der Waals surface area contributed by atoms with Gasteiger partial charge in [0.2, 0.25) is 0 Å². The molecule has 0 fully saturated rings. The highest BCUT2D eigenvalue weighted by molar-refractivity contribution is 5.94. The first kappa shape index (κ1) is 20.9. The van der Waals surface area contributed by atoms with Crippen molar-refractivity contribution in [2.45, 2.75) is 51.6 Å². The predicted octanol–water partition coefficient (Wildman–Crippen LogP) is 4.18. The summed E-state index contributed by atoms with van der Waals surface area (Å²) in [6, 6.07) is 18.2. The van der Waals surface area contributed by atoms with Crippen LogP contribution in [0.3, 0.4) is 0 Å². The van der Waals surface area contributed by atoms with Gasteiger partial charge in [-0.3, -0.25) is 4.79 Å². The monoisotopic (exact) mass is 427 g/mol. The molecule has 5 N–H and O–H groups in total. The average molecular weight is 428 g/mol. The lowest BCUT2D eigenvalue weighted by atomic mass is 9.82. The number of hydrogen-bond acceptors (Lipinski definition) is 4. The average Bonchev–Trinajstić information content (AvgIpc) is 3.38. The lowest BCUT2D eigenvalue weighted by molar-refractivity contribution is 0.0857. The highest BCUT2D eigenvalue weighted by Crippen LogP contribution is 2.54. The smallest absolute Gasteiger partial charge is 0.251 e. The number of aryl methyl sites for hydroxylation is 2. The van der Waals surface area contributed by atoms with E-state index in [0.29, 0.717) is 12.1 Å². The predicted molar refractivity (Wildman–Crippen MR) is 125 cm³/mol. The first-order valence-corrected chi connectivity index (χ1v) is 11.3. The van der Waals surface area contributed by atoms with E-state index in [1.165, 1.54) is 27.8 Å². The summed E-state index contributed by atoms with van der Waals surface area (Å²) in [5, 5.41) is 3.01. The molecule has 2 bridgehead atoms. The Morgan fingerprint density at radius 2 is 1.47 bits per heavy atom. The summed E-state index contributed by atoms with van der Waals surface area (Å²) in [4.78, 5) is 12.8. The van der Waals surface area contributed by atoms with Crippen molar-refractivity contribution >= 4 is 5.91 Å². The Morgan fingerprint density at radius 3 is 2.06 bits per heavy atom. The van der Waals surface area contributed by atoms with Crippen molar-refractivity contribution in [1.29, 1.82) is 0 Å². The molecule has 2 atom stereocenters. The molecule has 0 saturated carbocycles. The molecule has 0 radical (unpaired) electrons. The van der Waals surface area contributed by atoms with Gasteiger partial charge in [-0.25, -0.2) is 0 Å². The van der Waals surface area contributed by atoms with Crippen molar-refractivity contribution in [1.82, 2.24) is 5.32 Å². The molecule has 32 heavy (non-hydrogen) atoms. The van der Waals surface area contributed by atoms with Gasteiger partial charge >= 0.3 is 0 Å². The van der Waals surface area contributed by atoms with E-state index in [1.54, 1.807) is 0 Å². The molecule has 2 aliphatic heterocycles. The van der Waals surface area contributed by atoms with Crippen LogP contribution in [0, 0.1) is 0 Å². The Kier molecular flexibility index (Phi) is 5.33. The lowest BCUT2D eigenvalue weighted by Gasteiger charge is -2.19. The number of carbonyl (C=O) groups is 1. The van der Waals surface area contributed by atoms with Crippen molar-refractivity contribution in [2.75, 3.05) is 0 Å². The minimum atomic E-state index is -0.491. The third-order valence-electron chi connectivity index (χ3n) is 6.74. The minimum Gasteiger partial charge on any atom is -0.356 e. The van der Waals surface area contributed by atoms with Gasteiger partial charge in [0.15, 0.2) is 0 Å². The van der Waals surface area contributed by atoms with Crippen molar-refractivity contribution < 1.29 is 9.53 Å². The molecule has 3 aromatic carbocycles. The summed E-state index contributed by atoms with van der Waals surface area (Å²) in [7, 11) is 0. The molecule has 5 rings (SSSR count). The van der Waals surface area contributed by atoms with Gasteiger partial charge in [-0.1, -0.05) is 56.3 Å². The topological polar surface area (TPSA) is 90.4 Å². The number of ether oxygens (including phenoxy) is 1. The fraction of sp³-hybridized carbons (Fsp3) is 0.296. The van der Waals surface area contributed by atoms with Gasteiger partial charge in [0.25, 0.3) is 5.91 Å².